The maximum absolute atomic E-state index is 12.6. The Labute approximate surface area is 166 Å². The second-order valence-corrected chi connectivity index (χ2v) is 7.55. The van der Waals surface area contributed by atoms with E-state index < -0.39 is 0 Å². The molecule has 1 atom stereocenters. The van der Waals surface area contributed by atoms with Crippen LogP contribution in [0.25, 0.3) is 0 Å². The molecule has 1 N–H and O–H groups in total. The number of carbonyl (C=O) groups is 2. The summed E-state index contributed by atoms with van der Waals surface area (Å²) in [6, 6.07) is 17.3. The van der Waals surface area contributed by atoms with Crippen LogP contribution in [-0.4, -0.2) is 36.4 Å². The number of amides is 2. The van der Waals surface area contributed by atoms with E-state index in [0.29, 0.717) is 24.8 Å². The number of para-hydroxylation sites is 1. The highest BCUT2D eigenvalue weighted by molar-refractivity contribution is 5.93. The van der Waals surface area contributed by atoms with Crippen molar-refractivity contribution >= 4 is 17.5 Å². The minimum atomic E-state index is -0.192. The summed E-state index contributed by atoms with van der Waals surface area (Å²) in [6.07, 6.45) is 1.61. The average Bonchev–Trinajstić information content (AvgIpc) is 2.73. The topological polar surface area (TPSA) is 58.6 Å². The molecule has 2 amide bonds. The molecule has 5 heteroatoms. The highest BCUT2D eigenvalue weighted by atomic mass is 16.5. The lowest BCUT2D eigenvalue weighted by Crippen LogP contribution is -2.45. The van der Waals surface area contributed by atoms with E-state index in [1.54, 1.807) is 4.90 Å². The third-order valence-electron chi connectivity index (χ3n) is 5.07. The number of benzene rings is 2. The van der Waals surface area contributed by atoms with Gasteiger partial charge in [0.1, 0.15) is 5.75 Å². The zero-order valence-electron chi connectivity index (χ0n) is 16.6. The minimum Gasteiger partial charge on any atom is -0.484 e. The molecular formula is C23H28N2O3. The van der Waals surface area contributed by atoms with Crippen LogP contribution < -0.4 is 10.1 Å². The number of carbonyl (C=O) groups excluding carboxylic acids is 2. The Balaban J connectivity index is 1.52. The Bertz CT molecular complexity index is 805. The maximum Gasteiger partial charge on any atom is 0.260 e. The predicted molar refractivity (Wildman–Crippen MR) is 110 cm³/mol. The number of nitrogens with zero attached hydrogens (tertiary/aromatic N) is 1. The van der Waals surface area contributed by atoms with Gasteiger partial charge in [0.2, 0.25) is 5.91 Å². The number of ether oxygens (including phenoxy) is 1. The molecule has 5 nitrogen and oxygen atoms in total. The van der Waals surface area contributed by atoms with Crippen LogP contribution in [0.5, 0.6) is 5.75 Å². The van der Waals surface area contributed by atoms with Crippen molar-refractivity contribution < 1.29 is 14.3 Å². The van der Waals surface area contributed by atoms with E-state index in [4.69, 9.17) is 4.74 Å². The molecule has 2 aromatic rings. The summed E-state index contributed by atoms with van der Waals surface area (Å²) >= 11 is 0. The van der Waals surface area contributed by atoms with Gasteiger partial charge in [-0.2, -0.15) is 0 Å². The van der Waals surface area contributed by atoms with Gasteiger partial charge in [0.25, 0.3) is 5.91 Å². The highest BCUT2D eigenvalue weighted by Crippen LogP contribution is 2.21. The molecule has 1 saturated heterocycles. The van der Waals surface area contributed by atoms with Crippen molar-refractivity contribution in [2.45, 2.75) is 32.6 Å². The van der Waals surface area contributed by atoms with Crippen molar-refractivity contribution in [2.24, 2.45) is 5.92 Å². The summed E-state index contributed by atoms with van der Waals surface area (Å²) in [5.41, 5.74) is 1.96. The van der Waals surface area contributed by atoms with Gasteiger partial charge in [0.15, 0.2) is 6.61 Å². The van der Waals surface area contributed by atoms with E-state index in [9.17, 15) is 9.59 Å². The predicted octanol–water partition coefficient (Wildman–Crippen LogP) is 4.07. The van der Waals surface area contributed by atoms with Gasteiger partial charge < -0.3 is 15.0 Å². The number of nitrogens with one attached hydrogen (secondary N) is 1. The number of piperidine rings is 1. The first-order valence-corrected chi connectivity index (χ1v) is 9.89. The standard InChI is InChI=1S/C23H28N2O3/c1-17(2)18-8-6-12-21(14-18)28-16-22(26)25-13-7-9-19(15-25)23(27)24-20-10-4-3-5-11-20/h3-6,8,10-12,14,17,19H,7,9,13,15-16H2,1-2H3,(H,24,27). The van der Waals surface area contributed by atoms with E-state index in [1.165, 1.54) is 5.56 Å². The monoisotopic (exact) mass is 380 g/mol. The van der Waals surface area contributed by atoms with Gasteiger partial charge in [-0.05, 0) is 48.6 Å². The van der Waals surface area contributed by atoms with Crippen LogP contribution in [0, 0.1) is 5.92 Å². The first-order valence-electron chi connectivity index (χ1n) is 9.89. The van der Waals surface area contributed by atoms with Crippen LogP contribution >= 0.6 is 0 Å². The third-order valence-corrected chi connectivity index (χ3v) is 5.07. The Kier molecular flexibility index (Phi) is 6.69. The number of rotatable bonds is 6. The number of anilines is 1. The van der Waals surface area contributed by atoms with Gasteiger partial charge in [-0.3, -0.25) is 9.59 Å². The van der Waals surface area contributed by atoms with Crippen LogP contribution in [0.1, 0.15) is 38.2 Å². The first-order chi connectivity index (χ1) is 13.5. The SMILES string of the molecule is CC(C)c1cccc(OCC(=O)N2CCCC(C(=O)Nc3ccccc3)C2)c1. The molecule has 148 valence electrons. The molecule has 1 fully saturated rings. The molecule has 2 aromatic carbocycles. The van der Waals surface area contributed by atoms with Crippen molar-refractivity contribution in [1.82, 2.24) is 4.90 Å². The molecule has 0 aliphatic carbocycles. The molecule has 0 spiro atoms. The lowest BCUT2D eigenvalue weighted by Gasteiger charge is -2.32. The summed E-state index contributed by atoms with van der Waals surface area (Å²) in [7, 11) is 0. The van der Waals surface area contributed by atoms with E-state index in [1.807, 2.05) is 48.5 Å². The van der Waals surface area contributed by atoms with Crippen molar-refractivity contribution in [2.75, 3.05) is 25.0 Å². The van der Waals surface area contributed by atoms with Crippen LogP contribution in [0.4, 0.5) is 5.69 Å². The largest absolute Gasteiger partial charge is 0.484 e. The molecule has 0 saturated carbocycles. The Hall–Kier alpha value is -2.82. The first kappa shape index (κ1) is 19.9. The Morgan fingerprint density at radius 3 is 2.68 bits per heavy atom. The fourth-order valence-electron chi connectivity index (χ4n) is 3.38. The Morgan fingerprint density at radius 1 is 1.14 bits per heavy atom. The average molecular weight is 380 g/mol. The zero-order chi connectivity index (χ0) is 19.9. The molecular weight excluding hydrogens is 352 g/mol. The molecule has 1 heterocycles. The van der Waals surface area contributed by atoms with E-state index in [-0.39, 0.29) is 24.3 Å². The van der Waals surface area contributed by atoms with E-state index in [2.05, 4.69) is 25.2 Å². The number of likely N-dealkylation sites (tertiary alicyclic amines) is 1. The summed E-state index contributed by atoms with van der Waals surface area (Å²) in [5, 5.41) is 2.94. The van der Waals surface area contributed by atoms with Crippen LogP contribution in [0.3, 0.4) is 0 Å². The van der Waals surface area contributed by atoms with Gasteiger partial charge >= 0.3 is 0 Å². The van der Waals surface area contributed by atoms with Crippen LogP contribution in [0.15, 0.2) is 54.6 Å². The minimum absolute atomic E-state index is 0.00538. The maximum atomic E-state index is 12.6. The molecule has 3 rings (SSSR count). The molecule has 1 aliphatic rings. The van der Waals surface area contributed by atoms with Gasteiger partial charge in [-0.15, -0.1) is 0 Å². The molecule has 1 aliphatic heterocycles. The summed E-state index contributed by atoms with van der Waals surface area (Å²) in [6.45, 7) is 5.35. The molecule has 0 aromatic heterocycles. The van der Waals surface area contributed by atoms with Crippen molar-refractivity contribution in [1.29, 1.82) is 0 Å². The van der Waals surface area contributed by atoms with Gasteiger partial charge in [0.05, 0.1) is 5.92 Å². The summed E-state index contributed by atoms with van der Waals surface area (Å²) in [4.78, 5) is 26.9. The lowest BCUT2D eigenvalue weighted by atomic mass is 9.97. The van der Waals surface area contributed by atoms with Gasteiger partial charge in [-0.25, -0.2) is 0 Å². The summed E-state index contributed by atoms with van der Waals surface area (Å²) < 4.78 is 5.71. The van der Waals surface area contributed by atoms with Crippen LogP contribution in [-0.2, 0) is 9.59 Å². The van der Waals surface area contributed by atoms with Crippen molar-refractivity contribution in [3.8, 4) is 5.75 Å². The van der Waals surface area contributed by atoms with Gasteiger partial charge in [0, 0.05) is 18.8 Å². The normalized spacial score (nSPS) is 16.7. The fourth-order valence-corrected chi connectivity index (χ4v) is 3.38. The lowest BCUT2D eigenvalue weighted by molar-refractivity contribution is -0.136. The quantitative estimate of drug-likeness (QED) is 0.822. The molecule has 1 unspecified atom stereocenters. The van der Waals surface area contributed by atoms with Crippen molar-refractivity contribution in [3.05, 3.63) is 60.2 Å². The number of hydrogen-bond donors (Lipinski definition) is 1. The second kappa shape index (κ2) is 9.40. The second-order valence-electron chi connectivity index (χ2n) is 7.55. The van der Waals surface area contributed by atoms with Gasteiger partial charge in [-0.1, -0.05) is 44.2 Å². The molecule has 0 radical (unpaired) electrons. The zero-order valence-corrected chi connectivity index (χ0v) is 16.6. The molecule has 28 heavy (non-hydrogen) atoms. The van der Waals surface area contributed by atoms with E-state index in [0.717, 1.165) is 18.5 Å². The number of hydrogen-bond acceptors (Lipinski definition) is 3. The third kappa shape index (κ3) is 5.35. The van der Waals surface area contributed by atoms with Crippen LogP contribution in [0.2, 0.25) is 0 Å². The van der Waals surface area contributed by atoms with E-state index >= 15 is 0 Å². The smallest absolute Gasteiger partial charge is 0.260 e. The molecule has 0 bridgehead atoms. The fraction of sp³-hybridized carbons (Fsp3) is 0.391. The Morgan fingerprint density at radius 2 is 1.93 bits per heavy atom. The van der Waals surface area contributed by atoms with Crippen molar-refractivity contribution in [3.63, 3.8) is 0 Å². The summed E-state index contributed by atoms with van der Waals surface area (Å²) in [5.74, 6) is 0.809. The highest BCUT2D eigenvalue weighted by Gasteiger charge is 2.28.